The third kappa shape index (κ3) is 6.67. The first-order chi connectivity index (χ1) is 10.1. The topological polar surface area (TPSA) is 49.4 Å². The summed E-state index contributed by atoms with van der Waals surface area (Å²) < 4.78 is 0. The average molecular weight is 308 g/mol. The Morgan fingerprint density at radius 3 is 2.43 bits per heavy atom. The molecule has 0 aliphatic heterocycles. The highest BCUT2D eigenvalue weighted by Crippen LogP contribution is 2.19. The molecule has 0 fully saturated rings. The largest absolute Gasteiger partial charge is 0.355 e. The molecule has 4 nitrogen and oxygen atoms in total. The average Bonchev–Trinajstić information content (AvgIpc) is 2.47. The van der Waals surface area contributed by atoms with Crippen LogP contribution in [0.25, 0.3) is 0 Å². The first-order valence-corrected chi connectivity index (χ1v) is 8.29. The van der Waals surface area contributed by atoms with E-state index in [2.05, 4.69) is 36.5 Å². The van der Waals surface area contributed by atoms with Crippen LogP contribution in [-0.2, 0) is 9.59 Å². The van der Waals surface area contributed by atoms with Crippen LogP contribution in [-0.4, -0.2) is 42.1 Å². The highest BCUT2D eigenvalue weighted by atomic mass is 32.2. The standard InChI is InChI=1S/C16H24N2O2S/c1-4-17-15(19)12-18(5-2)16(20)10-11-21-14-8-6-13(3)7-9-14/h6-9H,4-5,10-12H2,1-3H3,(H,17,19). The number of carbonyl (C=O) groups excluding carboxylic acids is 2. The molecule has 1 N–H and O–H groups in total. The van der Waals surface area contributed by atoms with E-state index in [0.717, 1.165) is 5.75 Å². The number of likely N-dealkylation sites (N-methyl/N-ethyl adjacent to an activating group) is 2. The van der Waals surface area contributed by atoms with E-state index >= 15 is 0 Å². The number of aryl methyl sites for hydroxylation is 1. The molecule has 116 valence electrons. The Labute approximate surface area is 131 Å². The van der Waals surface area contributed by atoms with Gasteiger partial charge in [0.05, 0.1) is 6.54 Å². The smallest absolute Gasteiger partial charge is 0.239 e. The van der Waals surface area contributed by atoms with Crippen molar-refractivity contribution in [1.82, 2.24) is 10.2 Å². The van der Waals surface area contributed by atoms with Gasteiger partial charge in [0.25, 0.3) is 0 Å². The summed E-state index contributed by atoms with van der Waals surface area (Å²) >= 11 is 1.67. The van der Waals surface area contributed by atoms with Crippen LogP contribution in [0, 0.1) is 6.92 Å². The Hall–Kier alpha value is -1.49. The van der Waals surface area contributed by atoms with Gasteiger partial charge in [-0.1, -0.05) is 17.7 Å². The van der Waals surface area contributed by atoms with Gasteiger partial charge < -0.3 is 10.2 Å². The van der Waals surface area contributed by atoms with E-state index in [0.29, 0.717) is 19.5 Å². The second-order valence-corrected chi connectivity index (χ2v) is 5.94. The fourth-order valence-electron chi connectivity index (χ4n) is 1.85. The van der Waals surface area contributed by atoms with E-state index in [4.69, 9.17) is 0 Å². The Morgan fingerprint density at radius 1 is 1.19 bits per heavy atom. The molecule has 0 bridgehead atoms. The molecular formula is C16H24N2O2S. The van der Waals surface area contributed by atoms with Crippen molar-refractivity contribution in [3.63, 3.8) is 0 Å². The zero-order valence-electron chi connectivity index (χ0n) is 13.0. The van der Waals surface area contributed by atoms with Crippen LogP contribution in [0.3, 0.4) is 0 Å². The molecule has 0 aromatic heterocycles. The van der Waals surface area contributed by atoms with Crippen LogP contribution in [0.1, 0.15) is 25.8 Å². The Kier molecular flexibility index (Phi) is 7.90. The van der Waals surface area contributed by atoms with Crippen molar-refractivity contribution < 1.29 is 9.59 Å². The van der Waals surface area contributed by atoms with Crippen molar-refractivity contribution in [3.05, 3.63) is 29.8 Å². The highest BCUT2D eigenvalue weighted by Gasteiger charge is 2.14. The van der Waals surface area contributed by atoms with Gasteiger partial charge in [0.15, 0.2) is 0 Å². The summed E-state index contributed by atoms with van der Waals surface area (Å²) in [4.78, 5) is 26.4. The molecule has 0 aliphatic rings. The number of amides is 2. The van der Waals surface area contributed by atoms with Gasteiger partial charge in [-0.05, 0) is 32.9 Å². The molecule has 0 aliphatic carbocycles. The number of nitrogens with zero attached hydrogens (tertiary/aromatic N) is 1. The lowest BCUT2D eigenvalue weighted by molar-refractivity contribution is -0.135. The van der Waals surface area contributed by atoms with Crippen LogP contribution in [0.5, 0.6) is 0 Å². The van der Waals surface area contributed by atoms with Crippen molar-refractivity contribution in [2.75, 3.05) is 25.4 Å². The number of thioether (sulfide) groups is 1. The fraction of sp³-hybridized carbons (Fsp3) is 0.500. The number of hydrogen-bond acceptors (Lipinski definition) is 3. The minimum Gasteiger partial charge on any atom is -0.355 e. The minimum atomic E-state index is -0.0983. The van der Waals surface area contributed by atoms with Crippen LogP contribution in [0.4, 0.5) is 0 Å². The van der Waals surface area contributed by atoms with Crippen LogP contribution >= 0.6 is 11.8 Å². The summed E-state index contributed by atoms with van der Waals surface area (Å²) in [6, 6.07) is 8.27. The molecule has 0 saturated carbocycles. The number of benzene rings is 1. The summed E-state index contributed by atoms with van der Waals surface area (Å²) in [6.45, 7) is 7.12. The Morgan fingerprint density at radius 2 is 1.86 bits per heavy atom. The number of rotatable bonds is 8. The van der Waals surface area contributed by atoms with Gasteiger partial charge in [-0.15, -0.1) is 11.8 Å². The zero-order valence-corrected chi connectivity index (χ0v) is 13.8. The second kappa shape index (κ2) is 9.45. The maximum absolute atomic E-state index is 12.1. The van der Waals surface area contributed by atoms with Gasteiger partial charge in [-0.2, -0.15) is 0 Å². The van der Waals surface area contributed by atoms with Gasteiger partial charge >= 0.3 is 0 Å². The molecule has 0 radical (unpaired) electrons. The summed E-state index contributed by atoms with van der Waals surface area (Å²) in [5.41, 5.74) is 1.23. The molecule has 0 spiro atoms. The Balaban J connectivity index is 2.36. The van der Waals surface area contributed by atoms with Crippen molar-refractivity contribution in [3.8, 4) is 0 Å². The fourth-order valence-corrected chi connectivity index (χ4v) is 2.69. The molecular weight excluding hydrogens is 284 g/mol. The third-order valence-corrected chi connectivity index (χ3v) is 4.06. The van der Waals surface area contributed by atoms with Gasteiger partial charge in [-0.25, -0.2) is 0 Å². The molecule has 21 heavy (non-hydrogen) atoms. The minimum absolute atomic E-state index is 0.0309. The van der Waals surface area contributed by atoms with Crippen molar-refractivity contribution in [1.29, 1.82) is 0 Å². The molecule has 0 saturated heterocycles. The number of carbonyl (C=O) groups is 2. The van der Waals surface area contributed by atoms with Gasteiger partial charge in [0.1, 0.15) is 0 Å². The van der Waals surface area contributed by atoms with Crippen molar-refractivity contribution >= 4 is 23.6 Å². The van der Waals surface area contributed by atoms with Crippen LogP contribution in [0.2, 0.25) is 0 Å². The Bertz CT molecular complexity index is 460. The zero-order chi connectivity index (χ0) is 15.7. The summed E-state index contributed by atoms with van der Waals surface area (Å²) in [5.74, 6) is 0.663. The van der Waals surface area contributed by atoms with E-state index in [-0.39, 0.29) is 18.4 Å². The highest BCUT2D eigenvalue weighted by molar-refractivity contribution is 7.99. The molecule has 1 aromatic rings. The summed E-state index contributed by atoms with van der Waals surface area (Å²) in [5, 5.41) is 2.71. The van der Waals surface area contributed by atoms with Gasteiger partial charge in [0, 0.05) is 30.2 Å². The molecule has 0 unspecified atom stereocenters. The molecule has 2 amide bonds. The third-order valence-electron chi connectivity index (χ3n) is 3.05. The van der Waals surface area contributed by atoms with Crippen LogP contribution in [0.15, 0.2) is 29.2 Å². The lowest BCUT2D eigenvalue weighted by atomic mass is 10.2. The normalized spacial score (nSPS) is 10.2. The second-order valence-electron chi connectivity index (χ2n) is 4.77. The van der Waals surface area contributed by atoms with Crippen molar-refractivity contribution in [2.24, 2.45) is 0 Å². The van der Waals surface area contributed by atoms with E-state index < -0.39 is 0 Å². The van der Waals surface area contributed by atoms with E-state index in [1.54, 1.807) is 16.7 Å². The lowest BCUT2D eigenvalue weighted by Gasteiger charge is -2.20. The predicted octanol–water partition coefficient (Wildman–Crippen LogP) is 2.46. The van der Waals surface area contributed by atoms with Crippen molar-refractivity contribution in [2.45, 2.75) is 32.1 Å². The molecule has 1 rings (SSSR count). The number of nitrogens with one attached hydrogen (secondary N) is 1. The number of hydrogen-bond donors (Lipinski definition) is 1. The molecule has 0 atom stereocenters. The molecule has 5 heteroatoms. The maximum Gasteiger partial charge on any atom is 0.239 e. The maximum atomic E-state index is 12.1. The predicted molar refractivity (Wildman–Crippen MR) is 87.5 cm³/mol. The van der Waals surface area contributed by atoms with E-state index in [9.17, 15) is 9.59 Å². The molecule has 0 heterocycles. The summed E-state index contributed by atoms with van der Waals surface area (Å²) in [7, 11) is 0. The van der Waals surface area contributed by atoms with E-state index in [1.165, 1.54) is 10.5 Å². The SMILES string of the molecule is CCNC(=O)CN(CC)C(=O)CCSc1ccc(C)cc1. The monoisotopic (exact) mass is 308 g/mol. The quantitative estimate of drug-likeness (QED) is 0.751. The first kappa shape index (κ1) is 17.6. The lowest BCUT2D eigenvalue weighted by Crippen LogP contribution is -2.40. The van der Waals surface area contributed by atoms with Gasteiger partial charge in [-0.3, -0.25) is 9.59 Å². The van der Waals surface area contributed by atoms with Gasteiger partial charge in [0.2, 0.25) is 11.8 Å². The first-order valence-electron chi connectivity index (χ1n) is 7.30. The molecule has 1 aromatic carbocycles. The van der Waals surface area contributed by atoms with E-state index in [1.807, 2.05) is 13.8 Å². The van der Waals surface area contributed by atoms with Crippen LogP contribution < -0.4 is 5.32 Å². The summed E-state index contributed by atoms with van der Waals surface area (Å²) in [6.07, 6.45) is 0.450.